The molecule has 0 spiro atoms. The summed E-state index contributed by atoms with van der Waals surface area (Å²) in [7, 11) is 0. The molecule has 1 heterocycles. The number of carbonyl (C=O) groups is 1. The number of rotatable bonds is 8. The Morgan fingerprint density at radius 2 is 1.84 bits per heavy atom. The Kier molecular flexibility index (Phi) is 7.30. The predicted octanol–water partition coefficient (Wildman–Crippen LogP) is 3.99. The van der Waals surface area contributed by atoms with Crippen LogP contribution in [0.15, 0.2) is 36.4 Å². The van der Waals surface area contributed by atoms with Gasteiger partial charge >= 0.3 is 5.97 Å². The van der Waals surface area contributed by atoms with Crippen molar-refractivity contribution in [1.82, 2.24) is 0 Å². The Labute approximate surface area is 180 Å². The van der Waals surface area contributed by atoms with Gasteiger partial charge in [-0.1, -0.05) is 38.1 Å². The summed E-state index contributed by atoms with van der Waals surface area (Å²) in [6.07, 6.45) is 0.533. The Hall–Kier alpha value is -2.90. The van der Waals surface area contributed by atoms with Crippen LogP contribution in [0.3, 0.4) is 0 Å². The maximum absolute atomic E-state index is 13.5. The molecule has 2 atom stereocenters. The van der Waals surface area contributed by atoms with Gasteiger partial charge in [-0.05, 0) is 40.8 Å². The van der Waals surface area contributed by atoms with Crippen LogP contribution in [0.4, 0.5) is 4.39 Å². The Morgan fingerprint density at radius 3 is 2.48 bits per heavy atom. The van der Waals surface area contributed by atoms with E-state index in [1.165, 1.54) is 18.2 Å². The standard InChI is InChI=1S/C24H27FO6/c1-14(2)20-13-21-24(31-10-9-30-21)23(15-3-5-16(25)6-4-15)19(20)8-7-17(26)11-18(27)12-22(28)29/h3-8,13-14,17-18,26-27H,9-12H2,1-2H3,(H,28,29)/b8-7+. The Bertz CT molecular complexity index is 952. The molecule has 6 nitrogen and oxygen atoms in total. The van der Waals surface area contributed by atoms with Crippen LogP contribution in [0.2, 0.25) is 0 Å². The molecule has 0 amide bonds. The van der Waals surface area contributed by atoms with Crippen molar-refractivity contribution in [2.75, 3.05) is 13.2 Å². The van der Waals surface area contributed by atoms with Gasteiger partial charge < -0.3 is 24.8 Å². The Morgan fingerprint density at radius 1 is 1.16 bits per heavy atom. The van der Waals surface area contributed by atoms with Gasteiger partial charge in [0.1, 0.15) is 19.0 Å². The summed E-state index contributed by atoms with van der Waals surface area (Å²) in [6.45, 7) is 4.88. The number of fused-ring (bicyclic) bond motifs is 1. The number of aliphatic hydroxyl groups is 2. The van der Waals surface area contributed by atoms with E-state index in [1.54, 1.807) is 18.2 Å². The molecule has 0 saturated carbocycles. The Balaban J connectivity index is 2.06. The molecule has 1 aliphatic heterocycles. The molecule has 0 fully saturated rings. The number of hydrogen-bond donors (Lipinski definition) is 3. The van der Waals surface area contributed by atoms with E-state index in [-0.39, 0.29) is 18.2 Å². The molecule has 0 saturated heterocycles. The third-order valence-electron chi connectivity index (χ3n) is 5.07. The first-order valence-electron chi connectivity index (χ1n) is 10.2. The molecule has 3 rings (SSSR count). The van der Waals surface area contributed by atoms with E-state index in [0.29, 0.717) is 24.7 Å². The molecule has 2 aromatic rings. The van der Waals surface area contributed by atoms with Crippen molar-refractivity contribution in [1.29, 1.82) is 0 Å². The zero-order valence-corrected chi connectivity index (χ0v) is 17.5. The van der Waals surface area contributed by atoms with Crippen LogP contribution < -0.4 is 9.47 Å². The summed E-state index contributed by atoms with van der Waals surface area (Å²) in [5, 5.41) is 28.9. The third kappa shape index (κ3) is 5.62. The minimum atomic E-state index is -1.15. The topological polar surface area (TPSA) is 96.2 Å². The second kappa shape index (κ2) is 9.94. The normalized spacial score (nSPS) is 15.3. The highest BCUT2D eigenvalue weighted by Gasteiger charge is 2.24. The second-order valence-electron chi connectivity index (χ2n) is 7.85. The number of benzene rings is 2. The maximum atomic E-state index is 13.5. The number of carboxylic acid groups (broad SMARTS) is 1. The molecule has 0 bridgehead atoms. The smallest absolute Gasteiger partial charge is 0.305 e. The fourth-order valence-electron chi connectivity index (χ4n) is 3.63. The molecule has 0 radical (unpaired) electrons. The van der Waals surface area contributed by atoms with Gasteiger partial charge in [0.15, 0.2) is 11.5 Å². The quantitative estimate of drug-likeness (QED) is 0.586. The monoisotopic (exact) mass is 430 g/mol. The number of hydrogen-bond acceptors (Lipinski definition) is 5. The van der Waals surface area contributed by atoms with Crippen LogP contribution in [0.25, 0.3) is 17.2 Å². The van der Waals surface area contributed by atoms with Crippen LogP contribution in [-0.2, 0) is 4.79 Å². The largest absolute Gasteiger partial charge is 0.486 e. The van der Waals surface area contributed by atoms with Gasteiger partial charge in [0, 0.05) is 12.0 Å². The van der Waals surface area contributed by atoms with Crippen molar-refractivity contribution in [2.45, 2.75) is 44.8 Å². The van der Waals surface area contributed by atoms with Crippen molar-refractivity contribution < 1.29 is 34.0 Å². The third-order valence-corrected chi connectivity index (χ3v) is 5.07. The summed E-state index contributed by atoms with van der Waals surface area (Å²) >= 11 is 0. The lowest BCUT2D eigenvalue weighted by Crippen LogP contribution is -2.19. The molecule has 166 valence electrons. The number of halogens is 1. The van der Waals surface area contributed by atoms with Crippen molar-refractivity contribution in [3.8, 4) is 22.6 Å². The predicted molar refractivity (Wildman–Crippen MR) is 115 cm³/mol. The van der Waals surface area contributed by atoms with Gasteiger partial charge in [0.25, 0.3) is 0 Å². The average Bonchev–Trinajstić information content (AvgIpc) is 2.71. The van der Waals surface area contributed by atoms with Crippen LogP contribution in [0.1, 0.15) is 43.7 Å². The van der Waals surface area contributed by atoms with E-state index in [2.05, 4.69) is 0 Å². The lowest BCUT2D eigenvalue weighted by molar-refractivity contribution is -0.139. The fraction of sp³-hybridized carbons (Fsp3) is 0.375. The molecule has 7 heteroatoms. The van der Waals surface area contributed by atoms with Gasteiger partial charge in [0.05, 0.1) is 18.6 Å². The molecule has 0 aliphatic carbocycles. The van der Waals surface area contributed by atoms with Gasteiger partial charge in [-0.15, -0.1) is 0 Å². The van der Waals surface area contributed by atoms with Crippen LogP contribution >= 0.6 is 0 Å². The summed E-state index contributed by atoms with van der Waals surface area (Å²) < 4.78 is 25.3. The first-order chi connectivity index (χ1) is 14.8. The van der Waals surface area contributed by atoms with Gasteiger partial charge in [-0.2, -0.15) is 0 Å². The molecule has 0 aromatic heterocycles. The van der Waals surface area contributed by atoms with Gasteiger partial charge in [-0.3, -0.25) is 4.79 Å². The lowest BCUT2D eigenvalue weighted by Gasteiger charge is -2.26. The highest BCUT2D eigenvalue weighted by Crippen LogP contribution is 2.46. The van der Waals surface area contributed by atoms with E-state index in [1.807, 2.05) is 19.9 Å². The summed E-state index contributed by atoms with van der Waals surface area (Å²) in [5.41, 5.74) is 3.22. The first-order valence-corrected chi connectivity index (χ1v) is 10.2. The van der Waals surface area contributed by atoms with E-state index in [9.17, 15) is 19.4 Å². The molecule has 3 N–H and O–H groups in total. The minimum Gasteiger partial charge on any atom is -0.486 e. The minimum absolute atomic E-state index is 0.101. The van der Waals surface area contributed by atoms with Crippen LogP contribution in [0.5, 0.6) is 11.5 Å². The number of aliphatic hydroxyl groups excluding tert-OH is 2. The molecular weight excluding hydrogens is 403 g/mol. The lowest BCUT2D eigenvalue weighted by atomic mass is 9.88. The van der Waals surface area contributed by atoms with Crippen molar-refractivity contribution >= 4 is 12.0 Å². The van der Waals surface area contributed by atoms with Gasteiger partial charge in [-0.25, -0.2) is 4.39 Å². The zero-order valence-electron chi connectivity index (χ0n) is 17.5. The summed E-state index contributed by atoms with van der Waals surface area (Å²) in [5.74, 6) is -0.193. The van der Waals surface area contributed by atoms with Crippen LogP contribution in [-0.4, -0.2) is 46.7 Å². The molecule has 2 unspecified atom stereocenters. The fourth-order valence-corrected chi connectivity index (χ4v) is 3.63. The second-order valence-corrected chi connectivity index (χ2v) is 7.85. The van der Waals surface area contributed by atoms with E-state index >= 15 is 0 Å². The van der Waals surface area contributed by atoms with E-state index in [0.717, 1.165) is 22.3 Å². The first kappa shape index (κ1) is 22.8. The van der Waals surface area contributed by atoms with Crippen LogP contribution in [0, 0.1) is 5.82 Å². The molecular formula is C24H27FO6. The number of ether oxygens (including phenoxy) is 2. The molecule has 31 heavy (non-hydrogen) atoms. The summed E-state index contributed by atoms with van der Waals surface area (Å²) in [4.78, 5) is 10.7. The number of aliphatic carboxylic acids is 1. The zero-order chi connectivity index (χ0) is 22.5. The van der Waals surface area contributed by atoms with Crippen molar-refractivity contribution in [2.24, 2.45) is 0 Å². The average molecular weight is 430 g/mol. The molecule has 2 aromatic carbocycles. The highest BCUT2D eigenvalue weighted by molar-refractivity contribution is 5.85. The SMILES string of the molecule is CC(C)c1cc2c(c(-c3ccc(F)cc3)c1/C=C/C(O)CC(O)CC(=O)O)OCCO2. The highest BCUT2D eigenvalue weighted by atomic mass is 19.1. The van der Waals surface area contributed by atoms with E-state index in [4.69, 9.17) is 14.6 Å². The van der Waals surface area contributed by atoms with Gasteiger partial charge in [0.2, 0.25) is 0 Å². The number of carboxylic acids is 1. The molecule has 1 aliphatic rings. The van der Waals surface area contributed by atoms with Crippen molar-refractivity contribution in [3.05, 3.63) is 53.4 Å². The summed E-state index contributed by atoms with van der Waals surface area (Å²) in [6, 6.07) is 7.99. The van der Waals surface area contributed by atoms with E-state index < -0.39 is 24.6 Å². The van der Waals surface area contributed by atoms with Crippen molar-refractivity contribution in [3.63, 3.8) is 0 Å². The maximum Gasteiger partial charge on any atom is 0.305 e.